The van der Waals surface area contributed by atoms with Crippen LogP contribution in [0.2, 0.25) is 0 Å². The van der Waals surface area contributed by atoms with Gasteiger partial charge in [-0.1, -0.05) is 0 Å². The van der Waals surface area contributed by atoms with Crippen molar-refractivity contribution in [3.05, 3.63) is 46.8 Å². The molecule has 2 rings (SSSR count). The van der Waals surface area contributed by atoms with Gasteiger partial charge in [-0.2, -0.15) is 4.98 Å². The third-order valence-corrected chi connectivity index (χ3v) is 1.84. The molecule has 0 bridgehead atoms. The van der Waals surface area contributed by atoms with Crippen molar-refractivity contribution in [2.24, 2.45) is 0 Å². The molecule has 2 aromatic rings. The fourth-order valence-corrected chi connectivity index (χ4v) is 1.24. The van der Waals surface area contributed by atoms with Crippen LogP contribution < -0.4 is 5.69 Å². The lowest BCUT2D eigenvalue weighted by atomic mass is 10.2. The van der Waals surface area contributed by atoms with Crippen LogP contribution in [-0.4, -0.2) is 15.0 Å². The second-order valence-electron chi connectivity index (χ2n) is 3.00. The van der Waals surface area contributed by atoms with Gasteiger partial charge < -0.3 is 4.98 Å². The smallest absolute Gasteiger partial charge is 0.310 e. The molecule has 14 heavy (non-hydrogen) atoms. The minimum Gasteiger partial charge on any atom is -0.310 e. The van der Waals surface area contributed by atoms with Gasteiger partial charge in [0.25, 0.3) is 0 Å². The Bertz CT molecular complexity index is 490. The first kappa shape index (κ1) is 8.62. The van der Waals surface area contributed by atoms with E-state index in [9.17, 15) is 4.79 Å². The molecule has 0 aliphatic heterocycles. The molecule has 0 spiro atoms. The van der Waals surface area contributed by atoms with Crippen molar-refractivity contribution in [1.82, 2.24) is 15.0 Å². The fourth-order valence-electron chi connectivity index (χ4n) is 1.24. The van der Waals surface area contributed by atoms with E-state index < -0.39 is 0 Å². The number of aromatic amines is 1. The summed E-state index contributed by atoms with van der Waals surface area (Å²) in [7, 11) is 0. The summed E-state index contributed by atoms with van der Waals surface area (Å²) in [6.07, 6.45) is 3.37. The number of nitrogens with zero attached hydrogens (tertiary/aromatic N) is 2. The second-order valence-corrected chi connectivity index (χ2v) is 3.00. The Balaban J connectivity index is 2.58. The minimum atomic E-state index is -0.330. The standard InChI is InChI=1S/C10H9N3O/c1-7-5-9(13-10(14)12-7)8-3-2-4-11-6-8/h2-6H,1H3,(H,12,13,14). The minimum absolute atomic E-state index is 0.330. The molecule has 4 nitrogen and oxygen atoms in total. The molecule has 4 heteroatoms. The number of aryl methyl sites for hydroxylation is 1. The van der Waals surface area contributed by atoms with Crippen molar-refractivity contribution in [2.75, 3.05) is 0 Å². The first-order chi connectivity index (χ1) is 6.75. The summed E-state index contributed by atoms with van der Waals surface area (Å²) in [5.74, 6) is 0. The molecule has 0 aromatic carbocycles. The van der Waals surface area contributed by atoms with Gasteiger partial charge in [0.2, 0.25) is 0 Å². The molecule has 0 saturated heterocycles. The van der Waals surface area contributed by atoms with Gasteiger partial charge in [0.15, 0.2) is 0 Å². The number of hydrogen-bond donors (Lipinski definition) is 1. The number of pyridine rings is 1. The number of nitrogens with one attached hydrogen (secondary N) is 1. The van der Waals surface area contributed by atoms with Gasteiger partial charge in [-0.15, -0.1) is 0 Å². The summed E-state index contributed by atoms with van der Waals surface area (Å²) in [6, 6.07) is 5.50. The Hall–Kier alpha value is -1.97. The zero-order chi connectivity index (χ0) is 9.97. The van der Waals surface area contributed by atoms with Gasteiger partial charge >= 0.3 is 5.69 Å². The van der Waals surface area contributed by atoms with Crippen LogP contribution >= 0.6 is 0 Å². The SMILES string of the molecule is Cc1cc(-c2cccnc2)nc(=O)[nH]1. The normalized spacial score (nSPS) is 10.1. The van der Waals surface area contributed by atoms with Crippen molar-refractivity contribution in [3.8, 4) is 11.3 Å². The van der Waals surface area contributed by atoms with Crippen LogP contribution in [0.3, 0.4) is 0 Å². The Kier molecular flexibility index (Phi) is 2.10. The Morgan fingerprint density at radius 2 is 2.29 bits per heavy atom. The molecule has 1 N–H and O–H groups in total. The third kappa shape index (κ3) is 1.69. The van der Waals surface area contributed by atoms with Gasteiger partial charge in [-0.3, -0.25) is 4.98 Å². The van der Waals surface area contributed by atoms with Crippen LogP contribution in [0.25, 0.3) is 11.3 Å². The van der Waals surface area contributed by atoms with Gasteiger partial charge in [-0.05, 0) is 25.1 Å². The molecule has 0 atom stereocenters. The summed E-state index contributed by atoms with van der Waals surface area (Å²) in [5, 5.41) is 0. The monoisotopic (exact) mass is 187 g/mol. The average Bonchev–Trinajstić information content (AvgIpc) is 2.18. The zero-order valence-electron chi connectivity index (χ0n) is 7.69. The topological polar surface area (TPSA) is 58.6 Å². The van der Waals surface area contributed by atoms with E-state index in [1.54, 1.807) is 12.4 Å². The van der Waals surface area contributed by atoms with E-state index in [4.69, 9.17) is 0 Å². The maximum absolute atomic E-state index is 11.1. The lowest BCUT2D eigenvalue weighted by Gasteiger charge is -1.99. The van der Waals surface area contributed by atoms with Crippen molar-refractivity contribution in [2.45, 2.75) is 6.92 Å². The first-order valence-corrected chi connectivity index (χ1v) is 4.24. The van der Waals surface area contributed by atoms with Crippen molar-refractivity contribution >= 4 is 0 Å². The lowest BCUT2D eigenvalue weighted by Crippen LogP contribution is -2.11. The predicted octanol–water partition coefficient (Wildman–Crippen LogP) is 1.14. The number of hydrogen-bond acceptors (Lipinski definition) is 3. The number of H-pyrrole nitrogens is 1. The van der Waals surface area contributed by atoms with Crippen LogP contribution in [-0.2, 0) is 0 Å². The first-order valence-electron chi connectivity index (χ1n) is 4.24. The molecule has 70 valence electrons. The van der Waals surface area contributed by atoms with Crippen LogP contribution in [0.5, 0.6) is 0 Å². The summed E-state index contributed by atoms with van der Waals surface area (Å²) < 4.78 is 0. The fraction of sp³-hybridized carbons (Fsp3) is 0.100. The van der Waals surface area contributed by atoms with Crippen molar-refractivity contribution < 1.29 is 0 Å². The largest absolute Gasteiger partial charge is 0.345 e. The molecular formula is C10H9N3O. The summed E-state index contributed by atoms with van der Waals surface area (Å²) >= 11 is 0. The zero-order valence-corrected chi connectivity index (χ0v) is 7.69. The third-order valence-electron chi connectivity index (χ3n) is 1.84. The van der Waals surface area contributed by atoms with E-state index in [0.717, 1.165) is 11.3 Å². The van der Waals surface area contributed by atoms with Gasteiger partial charge in [0.05, 0.1) is 5.69 Å². The predicted molar refractivity (Wildman–Crippen MR) is 52.8 cm³/mol. The van der Waals surface area contributed by atoms with Crippen LogP contribution in [0.1, 0.15) is 5.69 Å². The highest BCUT2D eigenvalue weighted by molar-refractivity contribution is 5.57. The Labute approximate surface area is 80.7 Å². The van der Waals surface area contributed by atoms with E-state index in [-0.39, 0.29) is 5.69 Å². The van der Waals surface area contributed by atoms with Crippen LogP contribution in [0, 0.1) is 6.92 Å². The molecule has 0 aliphatic carbocycles. The Morgan fingerprint density at radius 1 is 1.43 bits per heavy atom. The van der Waals surface area contributed by atoms with Crippen LogP contribution in [0.15, 0.2) is 35.4 Å². The lowest BCUT2D eigenvalue weighted by molar-refractivity contribution is 1.03. The molecule has 0 unspecified atom stereocenters. The van der Waals surface area contributed by atoms with E-state index in [0.29, 0.717) is 5.69 Å². The molecule has 0 amide bonds. The number of aromatic nitrogens is 3. The van der Waals surface area contributed by atoms with Gasteiger partial charge in [0.1, 0.15) is 0 Å². The summed E-state index contributed by atoms with van der Waals surface area (Å²) in [5.41, 5.74) is 1.97. The highest BCUT2D eigenvalue weighted by atomic mass is 16.1. The summed E-state index contributed by atoms with van der Waals surface area (Å²) in [6.45, 7) is 1.82. The highest BCUT2D eigenvalue weighted by Crippen LogP contribution is 2.13. The second kappa shape index (κ2) is 3.41. The maximum atomic E-state index is 11.1. The molecular weight excluding hydrogens is 178 g/mol. The van der Waals surface area contributed by atoms with Crippen LogP contribution in [0.4, 0.5) is 0 Å². The molecule has 0 radical (unpaired) electrons. The number of rotatable bonds is 1. The Morgan fingerprint density at radius 3 is 2.93 bits per heavy atom. The van der Waals surface area contributed by atoms with E-state index in [2.05, 4.69) is 15.0 Å². The van der Waals surface area contributed by atoms with E-state index in [1.165, 1.54) is 0 Å². The maximum Gasteiger partial charge on any atom is 0.345 e. The molecule has 0 saturated carbocycles. The molecule has 2 aromatic heterocycles. The molecule has 2 heterocycles. The highest BCUT2D eigenvalue weighted by Gasteiger charge is 2.00. The van der Waals surface area contributed by atoms with Crippen molar-refractivity contribution in [3.63, 3.8) is 0 Å². The van der Waals surface area contributed by atoms with Crippen molar-refractivity contribution in [1.29, 1.82) is 0 Å². The average molecular weight is 187 g/mol. The van der Waals surface area contributed by atoms with E-state index >= 15 is 0 Å². The van der Waals surface area contributed by atoms with E-state index in [1.807, 2.05) is 25.1 Å². The summed E-state index contributed by atoms with van der Waals surface area (Å²) in [4.78, 5) is 21.5. The van der Waals surface area contributed by atoms with Gasteiger partial charge in [0, 0.05) is 23.7 Å². The molecule has 0 aliphatic rings. The van der Waals surface area contributed by atoms with Gasteiger partial charge in [-0.25, -0.2) is 4.79 Å². The molecule has 0 fully saturated rings. The quantitative estimate of drug-likeness (QED) is 0.728.